The maximum Gasteiger partial charge on any atom is 0.373 e. The molecule has 0 fully saturated rings. The molecule has 9 heteroatoms. The van der Waals surface area contributed by atoms with E-state index in [0.717, 1.165) is 13.2 Å². The highest BCUT2D eigenvalue weighted by molar-refractivity contribution is 7.89. The lowest BCUT2D eigenvalue weighted by molar-refractivity contribution is -0.140. The number of methoxy groups -OCH3 is 1. The molecular weight excluding hydrogens is 302 g/mol. The summed E-state index contributed by atoms with van der Waals surface area (Å²) in [6.07, 6.45) is 0. The van der Waals surface area contributed by atoms with Gasteiger partial charge in [-0.15, -0.1) is 0 Å². The number of hydrogen-bond donors (Lipinski definition) is 2. The van der Waals surface area contributed by atoms with Gasteiger partial charge in [-0.2, -0.15) is 4.72 Å². The molecule has 0 aliphatic rings. The molecule has 0 saturated carbocycles. The van der Waals surface area contributed by atoms with Crippen LogP contribution in [0, 0.1) is 12.8 Å². The fraction of sp³-hybridized carbons (Fsp3) is 0.500. The van der Waals surface area contributed by atoms with Gasteiger partial charge in [0.15, 0.2) is 0 Å². The molecule has 21 heavy (non-hydrogen) atoms. The van der Waals surface area contributed by atoms with Crippen molar-refractivity contribution in [2.24, 2.45) is 5.92 Å². The van der Waals surface area contributed by atoms with Crippen molar-refractivity contribution in [2.75, 3.05) is 7.11 Å². The molecule has 0 saturated heterocycles. The van der Waals surface area contributed by atoms with Gasteiger partial charge in [-0.25, -0.2) is 13.2 Å². The van der Waals surface area contributed by atoms with E-state index >= 15 is 0 Å². The fourth-order valence-electron chi connectivity index (χ4n) is 1.64. The number of sulfonamides is 1. The van der Waals surface area contributed by atoms with Crippen molar-refractivity contribution in [3.05, 3.63) is 17.6 Å². The van der Waals surface area contributed by atoms with E-state index in [1.165, 1.54) is 6.92 Å². The minimum atomic E-state index is -4.13. The van der Waals surface area contributed by atoms with Crippen LogP contribution in [0.5, 0.6) is 0 Å². The van der Waals surface area contributed by atoms with Crippen LogP contribution in [-0.2, 0) is 19.6 Å². The maximum absolute atomic E-state index is 12.2. The van der Waals surface area contributed by atoms with Crippen LogP contribution in [0.4, 0.5) is 0 Å². The number of aliphatic carboxylic acids is 1. The molecule has 1 aromatic heterocycles. The van der Waals surface area contributed by atoms with Gasteiger partial charge in [-0.05, 0) is 12.8 Å². The highest BCUT2D eigenvalue weighted by Crippen LogP contribution is 2.21. The van der Waals surface area contributed by atoms with Crippen molar-refractivity contribution in [1.29, 1.82) is 0 Å². The summed E-state index contributed by atoms with van der Waals surface area (Å²) >= 11 is 0. The number of carbonyl (C=O) groups is 2. The Labute approximate surface area is 122 Å². The average molecular weight is 319 g/mol. The van der Waals surface area contributed by atoms with Crippen molar-refractivity contribution in [3.8, 4) is 0 Å². The molecule has 1 rings (SSSR count). The van der Waals surface area contributed by atoms with Crippen LogP contribution >= 0.6 is 0 Å². The first kappa shape index (κ1) is 17.2. The summed E-state index contributed by atoms with van der Waals surface area (Å²) in [5.41, 5.74) is 0. The summed E-state index contributed by atoms with van der Waals surface area (Å²) < 4.78 is 35.9. The van der Waals surface area contributed by atoms with Crippen molar-refractivity contribution < 1.29 is 32.3 Å². The molecule has 8 nitrogen and oxygen atoms in total. The summed E-state index contributed by atoms with van der Waals surface area (Å²) in [5, 5.41) is 9.03. The van der Waals surface area contributed by atoms with Gasteiger partial charge in [0.1, 0.15) is 16.7 Å². The number of esters is 1. The molecule has 0 bridgehead atoms. The standard InChI is InChI=1S/C12H17NO7S/c1-6(2)10(11(14)15)13-21(17,18)9-5-8(12(16)19-4)20-7(9)3/h5-6,10,13H,1-4H3,(H,14,15)/t10-/m0/s1. The van der Waals surface area contributed by atoms with Gasteiger partial charge in [0.25, 0.3) is 0 Å². The van der Waals surface area contributed by atoms with Gasteiger partial charge in [0, 0.05) is 6.07 Å². The van der Waals surface area contributed by atoms with Crippen LogP contribution in [0.25, 0.3) is 0 Å². The Hall–Kier alpha value is -1.87. The molecule has 0 amide bonds. The highest BCUT2D eigenvalue weighted by Gasteiger charge is 2.31. The van der Waals surface area contributed by atoms with E-state index in [-0.39, 0.29) is 16.4 Å². The maximum atomic E-state index is 12.2. The van der Waals surface area contributed by atoms with Crippen LogP contribution in [0.3, 0.4) is 0 Å². The number of hydrogen-bond acceptors (Lipinski definition) is 6. The molecule has 0 aliphatic heterocycles. The smallest absolute Gasteiger partial charge is 0.373 e. The summed E-state index contributed by atoms with van der Waals surface area (Å²) in [6, 6.07) is -0.284. The number of aryl methyl sites for hydroxylation is 1. The Morgan fingerprint density at radius 2 is 1.95 bits per heavy atom. The van der Waals surface area contributed by atoms with Crippen LogP contribution < -0.4 is 4.72 Å². The number of ether oxygens (including phenoxy) is 1. The Morgan fingerprint density at radius 3 is 2.38 bits per heavy atom. The van der Waals surface area contributed by atoms with Crippen molar-refractivity contribution in [2.45, 2.75) is 31.7 Å². The molecule has 0 unspecified atom stereocenters. The van der Waals surface area contributed by atoms with Crippen LogP contribution in [-0.4, -0.2) is 38.6 Å². The Bertz CT molecular complexity index is 645. The number of carboxylic acids is 1. The van der Waals surface area contributed by atoms with E-state index in [2.05, 4.69) is 9.46 Å². The topological polar surface area (TPSA) is 123 Å². The van der Waals surface area contributed by atoms with Crippen molar-refractivity contribution in [3.63, 3.8) is 0 Å². The van der Waals surface area contributed by atoms with Gasteiger partial charge < -0.3 is 14.3 Å². The lowest BCUT2D eigenvalue weighted by Crippen LogP contribution is -2.44. The number of rotatable bonds is 6. The predicted octanol–water partition coefficient (Wildman–Crippen LogP) is 0.762. The van der Waals surface area contributed by atoms with Crippen LogP contribution in [0.15, 0.2) is 15.4 Å². The lowest BCUT2D eigenvalue weighted by atomic mass is 10.1. The molecule has 2 N–H and O–H groups in total. The number of nitrogens with one attached hydrogen (secondary N) is 1. The zero-order chi connectivity index (χ0) is 16.4. The summed E-state index contributed by atoms with van der Waals surface area (Å²) in [7, 11) is -3.00. The average Bonchev–Trinajstić information content (AvgIpc) is 2.77. The van der Waals surface area contributed by atoms with Gasteiger partial charge in [0.05, 0.1) is 7.11 Å². The zero-order valence-electron chi connectivity index (χ0n) is 12.0. The van der Waals surface area contributed by atoms with Crippen LogP contribution in [0.1, 0.15) is 30.2 Å². The third-order valence-electron chi connectivity index (χ3n) is 2.76. The van der Waals surface area contributed by atoms with E-state index in [1.54, 1.807) is 13.8 Å². The van der Waals surface area contributed by atoms with E-state index < -0.39 is 33.9 Å². The minimum absolute atomic E-state index is 0.0317. The number of furan rings is 1. The Kier molecular flexibility index (Phi) is 5.13. The molecular formula is C12H17NO7S. The second-order valence-corrected chi connectivity index (χ2v) is 6.39. The van der Waals surface area contributed by atoms with Crippen molar-refractivity contribution in [1.82, 2.24) is 4.72 Å². The second kappa shape index (κ2) is 6.27. The quantitative estimate of drug-likeness (QED) is 0.742. The molecule has 1 aromatic rings. The molecule has 0 aliphatic carbocycles. The number of carboxylic acid groups (broad SMARTS) is 1. The van der Waals surface area contributed by atoms with Gasteiger partial charge in [0.2, 0.25) is 15.8 Å². The fourth-order valence-corrected chi connectivity index (χ4v) is 3.15. The molecule has 1 atom stereocenters. The Balaban J connectivity index is 3.16. The summed E-state index contributed by atoms with van der Waals surface area (Å²) in [5.74, 6) is -2.87. The second-order valence-electron chi connectivity index (χ2n) is 4.70. The summed E-state index contributed by atoms with van der Waals surface area (Å²) in [4.78, 5) is 22.1. The first-order chi connectivity index (χ1) is 9.60. The minimum Gasteiger partial charge on any atom is -0.480 e. The lowest BCUT2D eigenvalue weighted by Gasteiger charge is -2.17. The Morgan fingerprint density at radius 1 is 1.38 bits per heavy atom. The number of carbonyl (C=O) groups excluding carboxylic acids is 1. The van der Waals surface area contributed by atoms with Gasteiger partial charge in [-0.1, -0.05) is 13.8 Å². The first-order valence-electron chi connectivity index (χ1n) is 6.04. The van der Waals surface area contributed by atoms with Gasteiger partial charge >= 0.3 is 11.9 Å². The monoisotopic (exact) mass is 319 g/mol. The highest BCUT2D eigenvalue weighted by atomic mass is 32.2. The first-order valence-corrected chi connectivity index (χ1v) is 7.52. The van der Waals surface area contributed by atoms with Gasteiger partial charge in [-0.3, -0.25) is 4.79 Å². The zero-order valence-corrected chi connectivity index (χ0v) is 12.9. The molecule has 1 heterocycles. The third-order valence-corrected chi connectivity index (χ3v) is 4.31. The third kappa shape index (κ3) is 3.82. The van der Waals surface area contributed by atoms with Crippen molar-refractivity contribution >= 4 is 22.0 Å². The molecule has 0 spiro atoms. The van der Waals surface area contributed by atoms with E-state index in [4.69, 9.17) is 9.52 Å². The molecule has 0 aromatic carbocycles. The van der Waals surface area contributed by atoms with Crippen LogP contribution in [0.2, 0.25) is 0 Å². The normalized spacial score (nSPS) is 13.2. The SMILES string of the molecule is COC(=O)c1cc(S(=O)(=O)N[C@H](C(=O)O)C(C)C)c(C)o1. The largest absolute Gasteiger partial charge is 0.480 e. The predicted molar refractivity (Wildman–Crippen MR) is 71.4 cm³/mol. The molecule has 0 radical (unpaired) electrons. The molecule has 118 valence electrons. The van der Waals surface area contributed by atoms with E-state index in [0.29, 0.717) is 0 Å². The summed E-state index contributed by atoms with van der Waals surface area (Å²) in [6.45, 7) is 4.50. The van der Waals surface area contributed by atoms with E-state index in [1.807, 2.05) is 0 Å². The van der Waals surface area contributed by atoms with E-state index in [9.17, 15) is 18.0 Å².